The fourth-order valence-corrected chi connectivity index (χ4v) is 3.60. The molecule has 1 N–H and O–H groups in total. The van der Waals surface area contributed by atoms with Crippen molar-refractivity contribution in [2.45, 2.75) is 13.5 Å². The van der Waals surface area contributed by atoms with E-state index < -0.39 is 0 Å². The van der Waals surface area contributed by atoms with Crippen molar-refractivity contribution >= 4 is 33.3 Å². The van der Waals surface area contributed by atoms with Crippen LogP contribution in [0.15, 0.2) is 48.8 Å². The molecule has 4 rings (SSSR count). The topological polar surface area (TPSA) is 89.9 Å². The molecular formula is C20H17N5O2S. The van der Waals surface area contributed by atoms with Gasteiger partial charge in [0.05, 0.1) is 16.8 Å². The second kappa shape index (κ2) is 7.79. The third-order valence-electron chi connectivity index (χ3n) is 4.20. The summed E-state index contributed by atoms with van der Waals surface area (Å²) in [7, 11) is 1.59. The Morgan fingerprint density at radius 3 is 2.89 bits per heavy atom. The maximum Gasteiger partial charge on any atom is 0.258 e. The van der Waals surface area contributed by atoms with Crippen LogP contribution in [-0.4, -0.2) is 33.2 Å². The number of nitrogens with zero attached hydrogens (tertiary/aromatic N) is 4. The fraction of sp³-hybridized carbons (Fsp3) is 0.150. The number of carbonyl (C=O) groups is 1. The number of rotatable bonds is 5. The summed E-state index contributed by atoms with van der Waals surface area (Å²) in [5, 5.41) is 12.8. The maximum absolute atomic E-state index is 13.0. The van der Waals surface area contributed by atoms with E-state index in [2.05, 4.69) is 20.5 Å². The molecule has 140 valence electrons. The minimum atomic E-state index is -0.261. The molecule has 0 aliphatic heterocycles. The Hall–Kier alpha value is -3.23. The van der Waals surface area contributed by atoms with Gasteiger partial charge in [-0.25, -0.2) is 4.98 Å². The zero-order valence-corrected chi connectivity index (χ0v) is 16.2. The number of hydrogen-bond acceptors (Lipinski definition) is 7. The molecule has 3 aromatic heterocycles. The first-order chi connectivity index (χ1) is 13.7. The van der Waals surface area contributed by atoms with Crippen LogP contribution in [0.4, 0.5) is 5.13 Å². The fourth-order valence-electron chi connectivity index (χ4n) is 2.89. The first-order valence-electron chi connectivity index (χ1n) is 8.59. The maximum atomic E-state index is 13.0. The number of benzene rings is 1. The van der Waals surface area contributed by atoms with Gasteiger partial charge in [-0.2, -0.15) is 0 Å². The Labute approximate surface area is 165 Å². The van der Waals surface area contributed by atoms with E-state index in [0.717, 1.165) is 22.0 Å². The van der Waals surface area contributed by atoms with Crippen molar-refractivity contribution in [3.63, 3.8) is 0 Å². The SMILES string of the molecule is COCc1nnc(NC(=O)c2cc(-c3cccnc3)nc3c(C)cccc23)s1. The van der Waals surface area contributed by atoms with Crippen LogP contribution < -0.4 is 5.32 Å². The zero-order chi connectivity index (χ0) is 19.5. The van der Waals surface area contributed by atoms with Crippen molar-refractivity contribution in [2.24, 2.45) is 0 Å². The summed E-state index contributed by atoms with van der Waals surface area (Å²) in [6.45, 7) is 2.34. The molecule has 0 atom stereocenters. The standard InChI is InChI=1S/C20H17N5O2S/c1-12-5-3-7-14-15(19(26)23-20-25-24-17(28-20)11-27-2)9-16(22-18(12)14)13-6-4-8-21-10-13/h3-10H,11H2,1-2H3,(H,23,25,26). The van der Waals surface area contributed by atoms with E-state index in [-0.39, 0.29) is 5.91 Å². The summed E-state index contributed by atoms with van der Waals surface area (Å²) in [6, 6.07) is 11.3. The first kappa shape index (κ1) is 18.1. The van der Waals surface area contributed by atoms with Crippen molar-refractivity contribution < 1.29 is 9.53 Å². The molecule has 4 aromatic rings. The average Bonchev–Trinajstić information content (AvgIpc) is 3.15. The van der Waals surface area contributed by atoms with Crippen molar-refractivity contribution in [3.05, 3.63) is 64.9 Å². The third kappa shape index (κ3) is 3.60. The lowest BCUT2D eigenvalue weighted by Gasteiger charge is -2.11. The molecule has 8 heteroatoms. The van der Waals surface area contributed by atoms with Gasteiger partial charge >= 0.3 is 0 Å². The second-order valence-electron chi connectivity index (χ2n) is 6.16. The summed E-state index contributed by atoms with van der Waals surface area (Å²) in [5.41, 5.74) is 3.84. The predicted octanol–water partition coefficient (Wildman–Crippen LogP) is 3.86. The van der Waals surface area contributed by atoms with Gasteiger partial charge in [-0.3, -0.25) is 15.1 Å². The van der Waals surface area contributed by atoms with E-state index in [4.69, 9.17) is 9.72 Å². The molecule has 0 unspecified atom stereocenters. The zero-order valence-electron chi connectivity index (χ0n) is 15.3. The van der Waals surface area contributed by atoms with E-state index in [1.807, 2.05) is 37.3 Å². The van der Waals surface area contributed by atoms with Crippen molar-refractivity contribution in [1.82, 2.24) is 20.2 Å². The molecule has 1 amide bonds. The van der Waals surface area contributed by atoms with Gasteiger partial charge in [0.2, 0.25) is 5.13 Å². The summed E-state index contributed by atoms with van der Waals surface area (Å²) in [4.78, 5) is 22.0. The minimum absolute atomic E-state index is 0.261. The Morgan fingerprint density at radius 1 is 1.21 bits per heavy atom. The quantitative estimate of drug-likeness (QED) is 0.556. The molecule has 0 saturated carbocycles. The Bertz CT molecular complexity index is 1140. The van der Waals surface area contributed by atoms with Crippen LogP contribution in [0, 0.1) is 6.92 Å². The third-order valence-corrected chi connectivity index (χ3v) is 5.01. The number of anilines is 1. The largest absolute Gasteiger partial charge is 0.377 e. The van der Waals surface area contributed by atoms with Gasteiger partial charge in [-0.1, -0.05) is 29.5 Å². The molecule has 0 radical (unpaired) electrons. The number of hydrogen-bond donors (Lipinski definition) is 1. The van der Waals surface area contributed by atoms with Gasteiger partial charge < -0.3 is 4.74 Å². The lowest BCUT2D eigenvalue weighted by atomic mass is 10.0. The van der Waals surface area contributed by atoms with Gasteiger partial charge in [-0.05, 0) is 30.7 Å². The van der Waals surface area contributed by atoms with Crippen molar-refractivity contribution in [2.75, 3.05) is 12.4 Å². The lowest BCUT2D eigenvalue weighted by molar-refractivity contribution is 0.102. The van der Waals surface area contributed by atoms with E-state index in [0.29, 0.717) is 28.0 Å². The van der Waals surface area contributed by atoms with Crippen molar-refractivity contribution in [1.29, 1.82) is 0 Å². The van der Waals surface area contributed by atoms with Crippen LogP contribution in [0.25, 0.3) is 22.2 Å². The molecule has 3 heterocycles. The summed E-state index contributed by atoms with van der Waals surface area (Å²) < 4.78 is 5.05. The van der Waals surface area contributed by atoms with Gasteiger partial charge in [0.15, 0.2) is 0 Å². The molecule has 0 aliphatic carbocycles. The van der Waals surface area contributed by atoms with Gasteiger partial charge in [0.1, 0.15) is 11.6 Å². The lowest BCUT2D eigenvalue weighted by Crippen LogP contribution is -2.13. The van der Waals surface area contributed by atoms with E-state index in [1.165, 1.54) is 11.3 Å². The highest BCUT2D eigenvalue weighted by Gasteiger charge is 2.17. The monoisotopic (exact) mass is 391 g/mol. The molecule has 0 aliphatic rings. The minimum Gasteiger partial charge on any atom is -0.377 e. The average molecular weight is 391 g/mol. The number of ether oxygens (including phenoxy) is 1. The van der Waals surface area contributed by atoms with Gasteiger partial charge in [0.25, 0.3) is 5.91 Å². The van der Waals surface area contributed by atoms with Crippen LogP contribution >= 0.6 is 11.3 Å². The molecular weight excluding hydrogens is 374 g/mol. The Balaban J connectivity index is 1.78. The molecule has 28 heavy (non-hydrogen) atoms. The highest BCUT2D eigenvalue weighted by Crippen LogP contribution is 2.27. The number of pyridine rings is 2. The summed E-state index contributed by atoms with van der Waals surface area (Å²) in [5.74, 6) is -0.261. The number of para-hydroxylation sites is 1. The number of aryl methyl sites for hydroxylation is 1. The summed E-state index contributed by atoms with van der Waals surface area (Å²) >= 11 is 1.28. The molecule has 0 spiro atoms. The van der Waals surface area contributed by atoms with Crippen LogP contribution in [0.1, 0.15) is 20.9 Å². The molecule has 0 fully saturated rings. The number of fused-ring (bicyclic) bond motifs is 1. The van der Waals surface area contributed by atoms with E-state index >= 15 is 0 Å². The summed E-state index contributed by atoms with van der Waals surface area (Å²) in [6.07, 6.45) is 3.44. The highest BCUT2D eigenvalue weighted by atomic mass is 32.1. The first-order valence-corrected chi connectivity index (χ1v) is 9.41. The second-order valence-corrected chi connectivity index (χ2v) is 7.22. The Kier molecular flexibility index (Phi) is 5.05. The number of methoxy groups -OCH3 is 1. The van der Waals surface area contributed by atoms with Crippen LogP contribution in [-0.2, 0) is 11.3 Å². The number of amides is 1. The normalized spacial score (nSPS) is 10.9. The predicted molar refractivity (Wildman–Crippen MR) is 108 cm³/mol. The van der Waals surface area contributed by atoms with Crippen LogP contribution in [0.3, 0.4) is 0 Å². The van der Waals surface area contributed by atoms with E-state index in [9.17, 15) is 4.79 Å². The molecule has 0 saturated heterocycles. The number of aromatic nitrogens is 4. The molecule has 0 bridgehead atoms. The van der Waals surface area contributed by atoms with Gasteiger partial charge in [-0.15, -0.1) is 10.2 Å². The van der Waals surface area contributed by atoms with E-state index in [1.54, 1.807) is 25.6 Å². The number of carbonyl (C=O) groups excluding carboxylic acids is 1. The number of nitrogens with one attached hydrogen (secondary N) is 1. The highest BCUT2D eigenvalue weighted by molar-refractivity contribution is 7.15. The van der Waals surface area contributed by atoms with Crippen LogP contribution in [0.2, 0.25) is 0 Å². The van der Waals surface area contributed by atoms with Crippen molar-refractivity contribution in [3.8, 4) is 11.3 Å². The van der Waals surface area contributed by atoms with Gasteiger partial charge in [0, 0.05) is 30.5 Å². The molecule has 1 aromatic carbocycles. The molecule has 7 nitrogen and oxygen atoms in total. The Morgan fingerprint density at radius 2 is 2.11 bits per heavy atom. The smallest absolute Gasteiger partial charge is 0.258 e. The van der Waals surface area contributed by atoms with Crippen LogP contribution in [0.5, 0.6) is 0 Å².